The van der Waals surface area contributed by atoms with E-state index < -0.39 is 5.97 Å². The molecule has 3 aromatic rings. The maximum Gasteiger partial charge on any atom is 0.354 e. The number of ether oxygens (including phenoxy) is 1. The van der Waals surface area contributed by atoms with E-state index in [0.717, 1.165) is 61.8 Å². The molecule has 35 heavy (non-hydrogen) atoms. The second-order valence-corrected chi connectivity index (χ2v) is 10.3. The van der Waals surface area contributed by atoms with E-state index in [4.69, 9.17) is 9.84 Å². The molecule has 1 N–H and O–H groups in total. The van der Waals surface area contributed by atoms with Crippen LogP contribution >= 0.6 is 0 Å². The molecule has 1 saturated carbocycles. The number of carbonyl (C=O) groups is 1. The number of pyridine rings is 1. The minimum absolute atomic E-state index is 0.0398. The van der Waals surface area contributed by atoms with Crippen LogP contribution in [-0.2, 0) is 6.54 Å². The molecule has 1 aliphatic carbocycles. The molecule has 3 heterocycles. The lowest BCUT2D eigenvalue weighted by atomic mass is 9.95. The highest BCUT2D eigenvalue weighted by atomic mass is 16.5. The minimum Gasteiger partial charge on any atom is -0.477 e. The van der Waals surface area contributed by atoms with E-state index in [0.29, 0.717) is 11.5 Å². The van der Waals surface area contributed by atoms with Crippen LogP contribution in [0.4, 0.5) is 0 Å². The van der Waals surface area contributed by atoms with Gasteiger partial charge in [0, 0.05) is 12.1 Å². The zero-order valence-corrected chi connectivity index (χ0v) is 20.9. The summed E-state index contributed by atoms with van der Waals surface area (Å²) >= 11 is 0. The van der Waals surface area contributed by atoms with Crippen molar-refractivity contribution in [3.8, 4) is 17.0 Å². The summed E-state index contributed by atoms with van der Waals surface area (Å²) in [6, 6.07) is 10.4. The molecular formula is C28H36N4O3. The van der Waals surface area contributed by atoms with Crippen molar-refractivity contribution in [2.24, 2.45) is 0 Å². The van der Waals surface area contributed by atoms with Crippen LogP contribution in [0, 0.1) is 0 Å². The molecule has 7 heteroatoms. The standard InChI is InChI=1S/C28H36N4O3/c1-19(2)35-27-25-23(21-13-11-20(12-14-21)18-31-15-7-4-8-16-31)17-24(28(33)34)29-26(25)32(30-27)22-9-5-3-6-10-22/h11-14,17,19,22H,3-10,15-16,18H2,1-2H3,(H,33,34). The predicted molar refractivity (Wildman–Crippen MR) is 137 cm³/mol. The highest BCUT2D eigenvalue weighted by Crippen LogP contribution is 2.39. The van der Waals surface area contributed by atoms with Gasteiger partial charge in [0.2, 0.25) is 5.88 Å². The van der Waals surface area contributed by atoms with Gasteiger partial charge < -0.3 is 9.84 Å². The SMILES string of the molecule is CC(C)Oc1nn(C2CCCCC2)c2nc(C(=O)O)cc(-c3ccc(CN4CCCCC4)cc3)c12. The van der Waals surface area contributed by atoms with Gasteiger partial charge in [-0.25, -0.2) is 14.5 Å². The molecule has 2 fully saturated rings. The molecule has 1 aromatic carbocycles. The third-order valence-corrected chi connectivity index (χ3v) is 7.24. The maximum absolute atomic E-state index is 12.0. The van der Waals surface area contributed by atoms with Gasteiger partial charge in [0.1, 0.15) is 0 Å². The highest BCUT2D eigenvalue weighted by molar-refractivity contribution is 6.01. The second kappa shape index (κ2) is 10.4. The summed E-state index contributed by atoms with van der Waals surface area (Å²) in [6.07, 6.45) is 9.40. The largest absolute Gasteiger partial charge is 0.477 e. The summed E-state index contributed by atoms with van der Waals surface area (Å²) in [5.74, 6) is -0.491. The van der Waals surface area contributed by atoms with Crippen molar-refractivity contribution >= 4 is 17.0 Å². The lowest BCUT2D eigenvalue weighted by Crippen LogP contribution is -2.28. The second-order valence-electron chi connectivity index (χ2n) is 10.3. The quantitative estimate of drug-likeness (QED) is 0.445. The molecule has 0 atom stereocenters. The van der Waals surface area contributed by atoms with Crippen molar-refractivity contribution < 1.29 is 14.6 Å². The van der Waals surface area contributed by atoms with Crippen molar-refractivity contribution in [2.75, 3.05) is 13.1 Å². The average molecular weight is 477 g/mol. The Bertz CT molecular complexity index is 1170. The Morgan fingerprint density at radius 1 is 1.06 bits per heavy atom. The number of hydrogen-bond donors (Lipinski definition) is 1. The molecule has 0 radical (unpaired) electrons. The number of carboxylic acid groups (broad SMARTS) is 1. The number of aromatic nitrogens is 3. The van der Waals surface area contributed by atoms with Crippen molar-refractivity contribution in [1.29, 1.82) is 0 Å². The van der Waals surface area contributed by atoms with Gasteiger partial charge in [0.15, 0.2) is 11.3 Å². The van der Waals surface area contributed by atoms with E-state index >= 15 is 0 Å². The van der Waals surface area contributed by atoms with Gasteiger partial charge in [-0.2, -0.15) is 0 Å². The van der Waals surface area contributed by atoms with Crippen molar-refractivity contribution in [3.05, 3.63) is 41.6 Å². The van der Waals surface area contributed by atoms with E-state index in [1.165, 1.54) is 31.2 Å². The first-order valence-corrected chi connectivity index (χ1v) is 13.1. The topological polar surface area (TPSA) is 80.5 Å². The molecule has 2 aromatic heterocycles. The molecule has 7 nitrogen and oxygen atoms in total. The van der Waals surface area contributed by atoms with Gasteiger partial charge >= 0.3 is 5.97 Å². The van der Waals surface area contributed by atoms with Crippen LogP contribution in [0.5, 0.6) is 5.88 Å². The molecule has 0 bridgehead atoms. The zero-order chi connectivity index (χ0) is 24.4. The van der Waals surface area contributed by atoms with E-state index in [2.05, 4.69) is 34.1 Å². The number of fused-ring (bicyclic) bond motifs is 1. The Kier molecular flexibility index (Phi) is 7.04. The Labute approximate surface area is 207 Å². The molecule has 2 aliphatic rings. The fourth-order valence-electron chi connectivity index (χ4n) is 5.49. The number of nitrogens with zero attached hydrogens (tertiary/aromatic N) is 4. The molecule has 5 rings (SSSR count). The van der Waals surface area contributed by atoms with Crippen LogP contribution < -0.4 is 4.74 Å². The summed E-state index contributed by atoms with van der Waals surface area (Å²) in [5, 5.41) is 15.5. The first kappa shape index (κ1) is 23.8. The Balaban J connectivity index is 1.59. The monoisotopic (exact) mass is 476 g/mol. The molecule has 0 amide bonds. The summed E-state index contributed by atoms with van der Waals surface area (Å²) in [6.45, 7) is 7.24. The number of aromatic carboxylic acids is 1. The van der Waals surface area contributed by atoms with E-state index in [9.17, 15) is 9.90 Å². The van der Waals surface area contributed by atoms with E-state index in [1.54, 1.807) is 6.07 Å². The fourth-order valence-corrected chi connectivity index (χ4v) is 5.49. The molecule has 0 unspecified atom stereocenters. The predicted octanol–water partition coefficient (Wildman–Crippen LogP) is 6.07. The van der Waals surface area contributed by atoms with Crippen LogP contribution in [0.15, 0.2) is 30.3 Å². The van der Waals surface area contributed by atoms with Gasteiger partial charge in [-0.15, -0.1) is 5.10 Å². The van der Waals surface area contributed by atoms with Gasteiger partial charge in [0.05, 0.1) is 17.5 Å². The van der Waals surface area contributed by atoms with Gasteiger partial charge in [-0.1, -0.05) is 49.9 Å². The average Bonchev–Trinajstić information content (AvgIpc) is 3.23. The summed E-state index contributed by atoms with van der Waals surface area (Å²) in [7, 11) is 0. The molecule has 1 saturated heterocycles. The number of likely N-dealkylation sites (tertiary alicyclic amines) is 1. The first-order valence-electron chi connectivity index (χ1n) is 13.1. The third-order valence-electron chi connectivity index (χ3n) is 7.24. The van der Waals surface area contributed by atoms with E-state index in [-0.39, 0.29) is 17.8 Å². The van der Waals surface area contributed by atoms with Crippen LogP contribution in [0.25, 0.3) is 22.2 Å². The van der Waals surface area contributed by atoms with Crippen molar-refractivity contribution in [3.63, 3.8) is 0 Å². The van der Waals surface area contributed by atoms with Crippen LogP contribution in [0.2, 0.25) is 0 Å². The maximum atomic E-state index is 12.0. The normalized spacial score (nSPS) is 17.8. The fraction of sp³-hybridized carbons (Fsp3) is 0.536. The molecule has 1 aliphatic heterocycles. The molecule has 186 valence electrons. The molecule has 0 spiro atoms. The van der Waals surface area contributed by atoms with Crippen LogP contribution in [0.3, 0.4) is 0 Å². The smallest absolute Gasteiger partial charge is 0.354 e. The summed E-state index contributed by atoms with van der Waals surface area (Å²) in [5.41, 5.74) is 3.70. The third kappa shape index (κ3) is 5.20. The minimum atomic E-state index is -1.03. The Hall–Kier alpha value is -2.93. The lowest BCUT2D eigenvalue weighted by Gasteiger charge is -2.26. The van der Waals surface area contributed by atoms with E-state index in [1.807, 2.05) is 18.5 Å². The first-order chi connectivity index (χ1) is 17.0. The molecular weight excluding hydrogens is 440 g/mol. The Morgan fingerprint density at radius 2 is 1.74 bits per heavy atom. The number of carboxylic acids is 1. The summed E-state index contributed by atoms with van der Waals surface area (Å²) in [4.78, 5) is 19.1. The number of rotatable bonds is 7. The van der Waals surface area contributed by atoms with Crippen molar-refractivity contribution in [2.45, 2.75) is 83.9 Å². The number of hydrogen-bond acceptors (Lipinski definition) is 5. The number of piperidine rings is 1. The highest BCUT2D eigenvalue weighted by Gasteiger charge is 2.26. The summed E-state index contributed by atoms with van der Waals surface area (Å²) < 4.78 is 8.10. The van der Waals surface area contributed by atoms with Gasteiger partial charge in [0.25, 0.3) is 0 Å². The van der Waals surface area contributed by atoms with Gasteiger partial charge in [-0.05, 0) is 69.8 Å². The number of benzene rings is 1. The Morgan fingerprint density at radius 3 is 2.40 bits per heavy atom. The van der Waals surface area contributed by atoms with Gasteiger partial charge in [-0.3, -0.25) is 4.90 Å². The van der Waals surface area contributed by atoms with Crippen LogP contribution in [-0.4, -0.2) is 49.9 Å². The zero-order valence-electron chi connectivity index (χ0n) is 20.9. The van der Waals surface area contributed by atoms with Crippen molar-refractivity contribution in [1.82, 2.24) is 19.7 Å². The lowest BCUT2D eigenvalue weighted by molar-refractivity contribution is 0.0691. The van der Waals surface area contributed by atoms with Crippen LogP contribution in [0.1, 0.15) is 87.3 Å².